The molecule has 0 saturated carbocycles. The first-order chi connectivity index (χ1) is 14.2. The van der Waals surface area contributed by atoms with Crippen molar-refractivity contribution in [3.63, 3.8) is 0 Å². The van der Waals surface area contributed by atoms with Crippen LogP contribution in [0.3, 0.4) is 0 Å². The fourth-order valence-corrected chi connectivity index (χ4v) is 3.45. The largest absolute Gasteiger partial charge is 0.388 e. The minimum absolute atomic E-state index is 0.00752. The summed E-state index contributed by atoms with van der Waals surface area (Å²) in [5.41, 5.74) is 0.353. The van der Waals surface area contributed by atoms with E-state index in [4.69, 9.17) is 4.52 Å². The van der Waals surface area contributed by atoms with Crippen LogP contribution in [0, 0.1) is 11.6 Å². The Morgan fingerprint density at radius 1 is 1.13 bits per heavy atom. The average Bonchev–Trinajstić information content (AvgIpc) is 3.14. The summed E-state index contributed by atoms with van der Waals surface area (Å²) < 4.78 is 34.2. The Morgan fingerprint density at radius 3 is 2.40 bits per heavy atom. The second-order valence-corrected chi connectivity index (χ2v) is 6.89. The van der Waals surface area contributed by atoms with Crippen molar-refractivity contribution in [3.05, 3.63) is 79.2 Å². The molecule has 3 rings (SSSR count). The van der Waals surface area contributed by atoms with E-state index in [1.807, 2.05) is 13.8 Å². The molecule has 0 aliphatic heterocycles. The number of hydrogen-bond donors (Lipinski definition) is 1. The molecule has 0 unspecified atom stereocenters. The lowest BCUT2D eigenvalue weighted by molar-refractivity contribution is 0.173. The predicted molar refractivity (Wildman–Crippen MR) is 103 cm³/mol. The SMILES string of the molecule is CCc1c(CC)n(C)c(=O)n(Cc2nc(C[C@H](O)c3cc(F)cc(F)c3)no2)c1=O. The first-order valence-electron chi connectivity index (χ1n) is 9.52. The molecule has 160 valence electrons. The molecule has 0 saturated heterocycles. The summed E-state index contributed by atoms with van der Waals surface area (Å²) in [4.78, 5) is 29.4. The van der Waals surface area contributed by atoms with E-state index < -0.39 is 29.0 Å². The Balaban J connectivity index is 1.85. The third-order valence-corrected chi connectivity index (χ3v) is 4.91. The fourth-order valence-electron chi connectivity index (χ4n) is 3.45. The van der Waals surface area contributed by atoms with Crippen LogP contribution in [0.25, 0.3) is 0 Å². The lowest BCUT2D eigenvalue weighted by atomic mass is 10.1. The van der Waals surface area contributed by atoms with Gasteiger partial charge in [0.25, 0.3) is 5.56 Å². The van der Waals surface area contributed by atoms with Gasteiger partial charge in [0.05, 0.1) is 6.10 Å². The molecule has 1 atom stereocenters. The van der Waals surface area contributed by atoms with Gasteiger partial charge in [-0.15, -0.1) is 0 Å². The van der Waals surface area contributed by atoms with Gasteiger partial charge in [0.15, 0.2) is 5.82 Å². The van der Waals surface area contributed by atoms with Crippen molar-refractivity contribution in [2.24, 2.45) is 7.05 Å². The summed E-state index contributed by atoms with van der Waals surface area (Å²) in [5, 5.41) is 13.9. The number of aliphatic hydroxyl groups is 1. The summed E-state index contributed by atoms with van der Waals surface area (Å²) in [6.45, 7) is 3.49. The molecule has 0 radical (unpaired) electrons. The van der Waals surface area contributed by atoms with Crippen LogP contribution >= 0.6 is 0 Å². The van der Waals surface area contributed by atoms with Crippen molar-refractivity contribution in [2.75, 3.05) is 0 Å². The molecule has 2 heterocycles. The molecule has 30 heavy (non-hydrogen) atoms. The van der Waals surface area contributed by atoms with Crippen molar-refractivity contribution in [3.8, 4) is 0 Å². The molecule has 0 spiro atoms. The van der Waals surface area contributed by atoms with E-state index in [0.717, 1.165) is 16.7 Å². The molecular formula is C20H22F2N4O4. The van der Waals surface area contributed by atoms with E-state index in [-0.39, 0.29) is 30.2 Å². The molecule has 0 aliphatic carbocycles. The maximum Gasteiger partial charge on any atom is 0.331 e. The van der Waals surface area contributed by atoms with Crippen molar-refractivity contribution in [1.82, 2.24) is 19.3 Å². The van der Waals surface area contributed by atoms with Crippen LogP contribution in [-0.4, -0.2) is 24.4 Å². The predicted octanol–water partition coefficient (Wildman–Crippen LogP) is 1.66. The lowest BCUT2D eigenvalue weighted by Gasteiger charge is -2.13. The van der Waals surface area contributed by atoms with Crippen LogP contribution in [-0.2, 0) is 32.9 Å². The van der Waals surface area contributed by atoms with Crippen LogP contribution in [0.4, 0.5) is 8.78 Å². The highest BCUT2D eigenvalue weighted by atomic mass is 19.1. The minimum Gasteiger partial charge on any atom is -0.388 e. The molecule has 1 N–H and O–H groups in total. The molecule has 8 nitrogen and oxygen atoms in total. The number of nitrogens with zero attached hydrogens (tertiary/aromatic N) is 4. The highest BCUT2D eigenvalue weighted by Crippen LogP contribution is 2.19. The van der Waals surface area contributed by atoms with Crippen LogP contribution in [0.15, 0.2) is 32.3 Å². The smallest absolute Gasteiger partial charge is 0.331 e. The molecule has 3 aromatic rings. The van der Waals surface area contributed by atoms with Gasteiger partial charge in [0, 0.05) is 30.8 Å². The summed E-state index contributed by atoms with van der Waals surface area (Å²) in [6, 6.07) is 2.73. The van der Waals surface area contributed by atoms with E-state index >= 15 is 0 Å². The quantitative estimate of drug-likeness (QED) is 0.624. The fraction of sp³-hybridized carbons (Fsp3) is 0.400. The Bertz CT molecular complexity index is 1160. The summed E-state index contributed by atoms with van der Waals surface area (Å²) in [6.07, 6.45) is -0.392. The van der Waals surface area contributed by atoms with Gasteiger partial charge in [-0.25, -0.2) is 13.6 Å². The monoisotopic (exact) mass is 420 g/mol. The normalized spacial score (nSPS) is 12.3. The molecule has 0 amide bonds. The Labute approximate surface area is 170 Å². The highest BCUT2D eigenvalue weighted by Gasteiger charge is 2.19. The second-order valence-electron chi connectivity index (χ2n) is 6.89. The molecule has 0 fully saturated rings. The molecule has 0 aliphatic rings. The number of benzene rings is 1. The summed E-state index contributed by atoms with van der Waals surface area (Å²) >= 11 is 0. The van der Waals surface area contributed by atoms with Crippen molar-refractivity contribution in [2.45, 2.75) is 45.8 Å². The third kappa shape index (κ3) is 4.23. The third-order valence-electron chi connectivity index (χ3n) is 4.91. The first-order valence-corrected chi connectivity index (χ1v) is 9.52. The van der Waals surface area contributed by atoms with Gasteiger partial charge in [0.2, 0.25) is 5.89 Å². The van der Waals surface area contributed by atoms with Gasteiger partial charge < -0.3 is 14.2 Å². The highest BCUT2D eigenvalue weighted by molar-refractivity contribution is 5.21. The zero-order valence-corrected chi connectivity index (χ0v) is 16.9. The van der Waals surface area contributed by atoms with Crippen LogP contribution < -0.4 is 11.2 Å². The van der Waals surface area contributed by atoms with E-state index in [1.54, 1.807) is 7.05 Å². The van der Waals surface area contributed by atoms with Gasteiger partial charge in [-0.3, -0.25) is 9.36 Å². The van der Waals surface area contributed by atoms with Crippen molar-refractivity contribution >= 4 is 0 Å². The van der Waals surface area contributed by atoms with Crippen LogP contribution in [0.5, 0.6) is 0 Å². The van der Waals surface area contributed by atoms with Gasteiger partial charge >= 0.3 is 5.69 Å². The molecule has 2 aromatic heterocycles. The van der Waals surface area contributed by atoms with Crippen LogP contribution in [0.2, 0.25) is 0 Å². The van der Waals surface area contributed by atoms with E-state index in [1.165, 1.54) is 4.57 Å². The topological polar surface area (TPSA) is 103 Å². The zero-order valence-electron chi connectivity index (χ0n) is 16.9. The average molecular weight is 420 g/mol. The molecule has 10 heteroatoms. The molecule has 0 bridgehead atoms. The Morgan fingerprint density at radius 2 is 1.80 bits per heavy atom. The van der Waals surface area contributed by atoms with E-state index in [2.05, 4.69) is 10.1 Å². The molecule has 1 aromatic carbocycles. The Kier molecular flexibility index (Phi) is 6.25. The standard InChI is InChI=1S/C20H22F2N4O4/c1-4-14-15(5-2)25(3)20(29)26(19(14)28)10-18-23-17(24-30-18)9-16(27)11-6-12(21)8-13(22)7-11/h6-8,16,27H,4-5,9-10H2,1-3H3/t16-/m0/s1. The van der Waals surface area contributed by atoms with Gasteiger partial charge in [0.1, 0.15) is 18.2 Å². The second kappa shape index (κ2) is 8.70. The minimum atomic E-state index is -1.26. The maximum atomic E-state index is 13.3. The summed E-state index contributed by atoms with van der Waals surface area (Å²) in [5.74, 6) is -1.54. The van der Waals surface area contributed by atoms with E-state index in [9.17, 15) is 23.5 Å². The number of rotatable bonds is 7. The number of aromatic nitrogens is 4. The maximum absolute atomic E-state index is 13.3. The zero-order chi connectivity index (χ0) is 22.0. The lowest BCUT2D eigenvalue weighted by Crippen LogP contribution is -2.42. The Hall–Kier alpha value is -3.14. The molecular weight excluding hydrogens is 398 g/mol. The number of halogens is 2. The van der Waals surface area contributed by atoms with Gasteiger partial charge in [-0.2, -0.15) is 4.98 Å². The number of aliphatic hydroxyl groups excluding tert-OH is 1. The first kappa shape index (κ1) is 21.6. The van der Waals surface area contributed by atoms with Gasteiger partial charge in [-0.05, 0) is 30.5 Å². The summed E-state index contributed by atoms with van der Waals surface area (Å²) in [7, 11) is 1.60. The van der Waals surface area contributed by atoms with Crippen LogP contribution in [0.1, 0.15) is 48.5 Å². The van der Waals surface area contributed by atoms with Crippen molar-refractivity contribution in [1.29, 1.82) is 0 Å². The van der Waals surface area contributed by atoms with Gasteiger partial charge in [-0.1, -0.05) is 19.0 Å². The number of hydrogen-bond acceptors (Lipinski definition) is 6. The van der Waals surface area contributed by atoms with Crippen molar-refractivity contribution < 1.29 is 18.4 Å². The van der Waals surface area contributed by atoms with E-state index in [0.29, 0.717) is 30.2 Å².